The Kier molecular flexibility index (Phi) is 4.50. The van der Waals surface area contributed by atoms with Gasteiger partial charge in [-0.2, -0.15) is 0 Å². The molecule has 1 aromatic rings. The number of rotatable bonds is 4. The number of aliphatic hydroxyl groups excluding tert-OH is 1. The van der Waals surface area contributed by atoms with E-state index in [1.54, 1.807) is 0 Å². The summed E-state index contributed by atoms with van der Waals surface area (Å²) < 4.78 is 5.64. The van der Waals surface area contributed by atoms with Crippen LogP contribution in [0.15, 0.2) is 30.3 Å². The normalized spacial score (nSPS) is 26.0. The number of aliphatic hydroxyl groups is 1. The maximum Gasteiger partial charge on any atom is 0.0937 e. The summed E-state index contributed by atoms with van der Waals surface area (Å²) in [5.74, 6) is 0. The van der Waals surface area contributed by atoms with E-state index in [0.29, 0.717) is 6.54 Å². The molecule has 0 bridgehead atoms. The summed E-state index contributed by atoms with van der Waals surface area (Å²) in [4.78, 5) is 2.29. The summed E-state index contributed by atoms with van der Waals surface area (Å²) in [6, 6.07) is 10.3. The average Bonchev–Trinajstić information content (AvgIpc) is 2.39. The topological polar surface area (TPSA) is 58.7 Å². The molecule has 0 aromatic heterocycles. The molecule has 2 atom stereocenters. The number of nitrogens with zero attached hydrogens (tertiary/aromatic N) is 1. The summed E-state index contributed by atoms with van der Waals surface area (Å²) in [6.45, 7) is 3.05. The van der Waals surface area contributed by atoms with E-state index in [2.05, 4.69) is 17.0 Å². The molecule has 2 rings (SSSR count). The zero-order valence-corrected chi connectivity index (χ0v) is 9.96. The van der Waals surface area contributed by atoms with Gasteiger partial charge in [0.2, 0.25) is 0 Å². The van der Waals surface area contributed by atoms with Crippen LogP contribution in [0.4, 0.5) is 0 Å². The van der Waals surface area contributed by atoms with Gasteiger partial charge in [-0.15, -0.1) is 0 Å². The Bertz CT molecular complexity index is 319. The monoisotopic (exact) mass is 236 g/mol. The second-order valence-corrected chi connectivity index (χ2v) is 4.48. The molecule has 1 fully saturated rings. The lowest BCUT2D eigenvalue weighted by Gasteiger charge is -2.37. The molecule has 0 saturated carbocycles. The highest BCUT2D eigenvalue weighted by Gasteiger charge is 2.26. The Balaban J connectivity index is 1.95. The van der Waals surface area contributed by atoms with Crippen molar-refractivity contribution >= 4 is 0 Å². The molecule has 0 unspecified atom stereocenters. The molecule has 94 valence electrons. The first-order valence-electron chi connectivity index (χ1n) is 6.04. The Labute approximate surface area is 102 Å². The second kappa shape index (κ2) is 6.12. The molecule has 0 aliphatic carbocycles. The van der Waals surface area contributed by atoms with Crippen molar-refractivity contribution in [1.82, 2.24) is 4.90 Å². The molecule has 0 amide bonds. The SMILES string of the molecule is NC[C@@H]1CN(Cc2ccccc2)C[C@H](CO)O1. The minimum atomic E-state index is -0.110. The Morgan fingerprint density at radius 1 is 1.24 bits per heavy atom. The van der Waals surface area contributed by atoms with Gasteiger partial charge in [0.25, 0.3) is 0 Å². The van der Waals surface area contributed by atoms with Crippen LogP contribution >= 0.6 is 0 Å². The van der Waals surface area contributed by atoms with Gasteiger partial charge in [0, 0.05) is 26.2 Å². The van der Waals surface area contributed by atoms with Gasteiger partial charge in [0.05, 0.1) is 18.8 Å². The van der Waals surface area contributed by atoms with E-state index in [1.165, 1.54) is 5.56 Å². The quantitative estimate of drug-likeness (QED) is 0.784. The maximum atomic E-state index is 9.20. The van der Waals surface area contributed by atoms with Crippen LogP contribution in [0.25, 0.3) is 0 Å². The minimum absolute atomic E-state index is 0.0320. The molecule has 4 nitrogen and oxygen atoms in total. The molecular weight excluding hydrogens is 216 g/mol. The zero-order valence-electron chi connectivity index (χ0n) is 9.96. The molecule has 1 aromatic carbocycles. The Morgan fingerprint density at radius 3 is 2.59 bits per heavy atom. The fraction of sp³-hybridized carbons (Fsp3) is 0.538. The summed E-state index contributed by atoms with van der Waals surface area (Å²) in [6.07, 6.45) is -0.0781. The van der Waals surface area contributed by atoms with E-state index >= 15 is 0 Å². The highest BCUT2D eigenvalue weighted by Crippen LogP contribution is 2.13. The molecule has 1 saturated heterocycles. The Morgan fingerprint density at radius 2 is 1.94 bits per heavy atom. The fourth-order valence-corrected chi connectivity index (χ4v) is 2.21. The van der Waals surface area contributed by atoms with E-state index in [1.807, 2.05) is 18.2 Å². The van der Waals surface area contributed by atoms with Crippen LogP contribution in [0.3, 0.4) is 0 Å². The number of ether oxygens (including phenoxy) is 1. The third-order valence-corrected chi connectivity index (χ3v) is 3.02. The van der Waals surface area contributed by atoms with E-state index in [-0.39, 0.29) is 18.8 Å². The van der Waals surface area contributed by atoms with Gasteiger partial charge < -0.3 is 15.6 Å². The number of hydrogen-bond acceptors (Lipinski definition) is 4. The van der Waals surface area contributed by atoms with Gasteiger partial charge in [0.15, 0.2) is 0 Å². The molecular formula is C13H20N2O2. The molecule has 3 N–H and O–H groups in total. The minimum Gasteiger partial charge on any atom is -0.394 e. The highest BCUT2D eigenvalue weighted by atomic mass is 16.5. The first kappa shape index (κ1) is 12.5. The third kappa shape index (κ3) is 3.51. The van der Waals surface area contributed by atoms with Crippen molar-refractivity contribution in [3.05, 3.63) is 35.9 Å². The highest BCUT2D eigenvalue weighted by molar-refractivity contribution is 5.14. The summed E-state index contributed by atoms with van der Waals surface area (Å²) >= 11 is 0. The lowest BCUT2D eigenvalue weighted by atomic mass is 10.1. The van der Waals surface area contributed by atoms with Gasteiger partial charge >= 0.3 is 0 Å². The third-order valence-electron chi connectivity index (χ3n) is 3.02. The molecule has 0 radical (unpaired) electrons. The van der Waals surface area contributed by atoms with Crippen molar-refractivity contribution in [3.8, 4) is 0 Å². The van der Waals surface area contributed by atoms with Crippen molar-refractivity contribution < 1.29 is 9.84 Å². The van der Waals surface area contributed by atoms with Crippen LogP contribution in [0.1, 0.15) is 5.56 Å². The summed E-state index contributed by atoms with van der Waals surface area (Å²) in [5, 5.41) is 9.20. The van der Waals surface area contributed by atoms with Crippen LogP contribution in [-0.4, -0.2) is 48.5 Å². The fourth-order valence-electron chi connectivity index (χ4n) is 2.21. The van der Waals surface area contributed by atoms with Gasteiger partial charge in [-0.1, -0.05) is 30.3 Å². The van der Waals surface area contributed by atoms with Gasteiger partial charge in [-0.3, -0.25) is 4.90 Å². The van der Waals surface area contributed by atoms with Gasteiger partial charge in [-0.25, -0.2) is 0 Å². The van der Waals surface area contributed by atoms with Crippen LogP contribution in [0, 0.1) is 0 Å². The van der Waals surface area contributed by atoms with Crippen molar-refractivity contribution in [2.45, 2.75) is 18.8 Å². The predicted molar refractivity (Wildman–Crippen MR) is 66.5 cm³/mol. The van der Waals surface area contributed by atoms with E-state index < -0.39 is 0 Å². The second-order valence-electron chi connectivity index (χ2n) is 4.48. The first-order chi connectivity index (χ1) is 8.31. The largest absolute Gasteiger partial charge is 0.394 e. The van der Waals surface area contributed by atoms with Gasteiger partial charge in [-0.05, 0) is 5.56 Å². The first-order valence-corrected chi connectivity index (χ1v) is 6.04. The van der Waals surface area contributed by atoms with Crippen molar-refractivity contribution in [2.75, 3.05) is 26.2 Å². The van der Waals surface area contributed by atoms with Crippen LogP contribution in [-0.2, 0) is 11.3 Å². The lowest BCUT2D eigenvalue weighted by Crippen LogP contribution is -2.50. The number of hydrogen-bond donors (Lipinski definition) is 2. The molecule has 1 aliphatic rings. The van der Waals surface area contributed by atoms with E-state index in [4.69, 9.17) is 10.5 Å². The molecule has 0 spiro atoms. The lowest BCUT2D eigenvalue weighted by molar-refractivity contribution is -0.101. The number of morpholine rings is 1. The van der Waals surface area contributed by atoms with Crippen molar-refractivity contribution in [3.63, 3.8) is 0 Å². The number of benzene rings is 1. The predicted octanol–water partition coefficient (Wildman–Crippen LogP) is 0.207. The van der Waals surface area contributed by atoms with E-state index in [9.17, 15) is 5.11 Å². The smallest absolute Gasteiger partial charge is 0.0937 e. The molecule has 4 heteroatoms. The summed E-state index contributed by atoms with van der Waals surface area (Å²) in [7, 11) is 0. The van der Waals surface area contributed by atoms with Crippen molar-refractivity contribution in [2.24, 2.45) is 5.73 Å². The summed E-state index contributed by atoms with van der Waals surface area (Å²) in [5.41, 5.74) is 6.92. The maximum absolute atomic E-state index is 9.20. The van der Waals surface area contributed by atoms with Crippen LogP contribution < -0.4 is 5.73 Å². The molecule has 1 heterocycles. The standard InChI is InChI=1S/C13H20N2O2/c14-6-12-8-15(9-13(10-16)17-12)7-11-4-2-1-3-5-11/h1-5,12-13,16H,6-10,14H2/t12-,13-/m1/s1. The van der Waals surface area contributed by atoms with Crippen LogP contribution in [0.2, 0.25) is 0 Å². The molecule has 1 aliphatic heterocycles. The van der Waals surface area contributed by atoms with E-state index in [0.717, 1.165) is 19.6 Å². The van der Waals surface area contributed by atoms with Gasteiger partial charge in [0.1, 0.15) is 0 Å². The average molecular weight is 236 g/mol. The van der Waals surface area contributed by atoms with Crippen LogP contribution in [0.5, 0.6) is 0 Å². The Hall–Kier alpha value is -0.940. The molecule has 17 heavy (non-hydrogen) atoms. The van der Waals surface area contributed by atoms with Crippen molar-refractivity contribution in [1.29, 1.82) is 0 Å². The number of nitrogens with two attached hydrogens (primary N) is 1. The zero-order chi connectivity index (χ0) is 12.1.